The molecule has 0 saturated carbocycles. The first kappa shape index (κ1) is 14.3. The van der Waals surface area contributed by atoms with Crippen molar-refractivity contribution >= 4 is 23.1 Å². The van der Waals surface area contributed by atoms with E-state index in [1.807, 2.05) is 13.8 Å². The molecule has 0 aromatic rings. The maximum absolute atomic E-state index is 11.7. The monoisotopic (exact) mass is 232 g/mol. The lowest BCUT2D eigenvalue weighted by Crippen LogP contribution is -2.38. The second kappa shape index (κ2) is 7.59. The van der Waals surface area contributed by atoms with Gasteiger partial charge in [-0.25, -0.2) is 0 Å². The quantitative estimate of drug-likeness (QED) is 0.660. The van der Waals surface area contributed by atoms with Gasteiger partial charge in [0.25, 0.3) is 0 Å². The van der Waals surface area contributed by atoms with Crippen molar-refractivity contribution in [3.63, 3.8) is 0 Å². The van der Waals surface area contributed by atoms with E-state index >= 15 is 0 Å². The molecule has 0 unspecified atom stereocenters. The molecule has 0 aliphatic heterocycles. The number of methoxy groups -OCH3 is 1. The summed E-state index contributed by atoms with van der Waals surface area (Å²) in [5.74, 6) is 0.108. The highest BCUT2D eigenvalue weighted by molar-refractivity contribution is 7.80. The Hall–Kier alpha value is -0.680. The fourth-order valence-electron chi connectivity index (χ4n) is 1.14. The van der Waals surface area contributed by atoms with Gasteiger partial charge in [0, 0.05) is 32.5 Å². The molecule has 0 rings (SSSR count). The molecule has 5 heteroatoms. The number of nitrogens with two attached hydrogens (primary N) is 1. The van der Waals surface area contributed by atoms with E-state index in [0.29, 0.717) is 31.1 Å². The Bertz CT molecular complexity index is 219. The van der Waals surface area contributed by atoms with Crippen LogP contribution in [0.3, 0.4) is 0 Å². The van der Waals surface area contributed by atoms with E-state index in [2.05, 4.69) is 0 Å². The third kappa shape index (κ3) is 6.41. The van der Waals surface area contributed by atoms with Gasteiger partial charge in [-0.15, -0.1) is 0 Å². The van der Waals surface area contributed by atoms with Crippen LogP contribution in [-0.2, 0) is 9.53 Å². The second-order valence-corrected chi connectivity index (χ2v) is 4.21. The molecular formula is C10H20N2O2S. The Morgan fingerprint density at radius 3 is 2.47 bits per heavy atom. The Balaban J connectivity index is 4.17. The number of amides is 1. The Morgan fingerprint density at radius 2 is 2.07 bits per heavy atom. The summed E-state index contributed by atoms with van der Waals surface area (Å²) in [5, 5.41) is 0. The number of thiocarbonyl (C=S) groups is 1. The average Bonchev–Trinajstić information content (AvgIpc) is 2.16. The van der Waals surface area contributed by atoms with Crippen molar-refractivity contribution in [1.29, 1.82) is 0 Å². The smallest absolute Gasteiger partial charge is 0.225 e. The molecule has 0 heterocycles. The summed E-state index contributed by atoms with van der Waals surface area (Å²) in [6.45, 7) is 5.47. The number of ether oxygens (including phenoxy) is 1. The van der Waals surface area contributed by atoms with E-state index in [1.165, 1.54) is 0 Å². The summed E-state index contributed by atoms with van der Waals surface area (Å²) in [4.78, 5) is 13.9. The molecule has 0 aromatic heterocycles. The molecule has 0 fully saturated rings. The average molecular weight is 232 g/mol. The Kier molecular flexibility index (Phi) is 7.25. The van der Waals surface area contributed by atoms with Crippen molar-refractivity contribution in [2.75, 3.05) is 26.8 Å². The summed E-state index contributed by atoms with van der Waals surface area (Å²) >= 11 is 4.79. The molecule has 0 bridgehead atoms. The highest BCUT2D eigenvalue weighted by atomic mass is 32.1. The van der Waals surface area contributed by atoms with Gasteiger partial charge in [-0.05, 0) is 0 Å². The van der Waals surface area contributed by atoms with Gasteiger partial charge in [0.2, 0.25) is 5.91 Å². The van der Waals surface area contributed by atoms with Crippen molar-refractivity contribution < 1.29 is 9.53 Å². The highest BCUT2D eigenvalue weighted by Gasteiger charge is 2.16. The third-order valence-corrected chi connectivity index (χ3v) is 2.20. The van der Waals surface area contributed by atoms with Crippen LogP contribution in [0, 0.1) is 5.92 Å². The lowest BCUT2D eigenvalue weighted by molar-refractivity contribution is -0.135. The largest absolute Gasteiger partial charge is 0.393 e. The van der Waals surface area contributed by atoms with E-state index in [4.69, 9.17) is 22.7 Å². The number of carbonyl (C=O) groups excluding carboxylic acids is 1. The summed E-state index contributed by atoms with van der Waals surface area (Å²) in [6.07, 6.45) is 0.567. The first-order chi connectivity index (χ1) is 6.99. The summed E-state index contributed by atoms with van der Waals surface area (Å²) in [7, 11) is 1.62. The molecule has 0 saturated heterocycles. The van der Waals surface area contributed by atoms with Crippen LogP contribution >= 0.6 is 12.2 Å². The molecule has 0 radical (unpaired) electrons. The van der Waals surface area contributed by atoms with Crippen LogP contribution in [0.4, 0.5) is 0 Å². The Labute approximate surface area is 96.8 Å². The van der Waals surface area contributed by atoms with Gasteiger partial charge in [-0.1, -0.05) is 26.1 Å². The molecule has 0 aliphatic rings. The molecule has 88 valence electrons. The number of hydrogen-bond donors (Lipinski definition) is 1. The number of rotatable bonds is 7. The maximum Gasteiger partial charge on any atom is 0.225 e. The van der Waals surface area contributed by atoms with Crippen LogP contribution in [0.2, 0.25) is 0 Å². The van der Waals surface area contributed by atoms with E-state index in [9.17, 15) is 4.79 Å². The van der Waals surface area contributed by atoms with E-state index in [0.717, 1.165) is 0 Å². The molecule has 0 aromatic carbocycles. The van der Waals surface area contributed by atoms with Crippen molar-refractivity contribution in [1.82, 2.24) is 4.90 Å². The molecule has 2 N–H and O–H groups in total. The number of nitrogens with zero attached hydrogens (tertiary/aromatic N) is 1. The Morgan fingerprint density at radius 1 is 1.47 bits per heavy atom. The SMILES string of the molecule is COCCN(CCC(N)=S)C(=O)C(C)C. The molecule has 0 aliphatic carbocycles. The minimum absolute atomic E-state index is 0.00629. The van der Waals surface area contributed by atoms with Gasteiger partial charge in [0.05, 0.1) is 11.6 Å². The predicted molar refractivity (Wildman–Crippen MR) is 64.7 cm³/mol. The molecule has 15 heavy (non-hydrogen) atoms. The highest BCUT2D eigenvalue weighted by Crippen LogP contribution is 2.02. The number of carbonyl (C=O) groups is 1. The molecular weight excluding hydrogens is 212 g/mol. The zero-order valence-corrected chi connectivity index (χ0v) is 10.5. The lowest BCUT2D eigenvalue weighted by atomic mass is 10.2. The summed E-state index contributed by atoms with van der Waals surface area (Å²) in [6, 6.07) is 0. The molecule has 4 nitrogen and oxygen atoms in total. The van der Waals surface area contributed by atoms with Gasteiger partial charge in [0.1, 0.15) is 0 Å². The van der Waals surface area contributed by atoms with Gasteiger partial charge >= 0.3 is 0 Å². The van der Waals surface area contributed by atoms with Gasteiger partial charge in [0.15, 0.2) is 0 Å². The van der Waals surface area contributed by atoms with Gasteiger partial charge in [-0.3, -0.25) is 4.79 Å². The van der Waals surface area contributed by atoms with Crippen LogP contribution in [-0.4, -0.2) is 42.6 Å². The minimum Gasteiger partial charge on any atom is -0.393 e. The number of hydrogen-bond acceptors (Lipinski definition) is 3. The fraction of sp³-hybridized carbons (Fsp3) is 0.800. The van der Waals surface area contributed by atoms with Crippen LogP contribution in [0.15, 0.2) is 0 Å². The first-order valence-corrected chi connectivity index (χ1v) is 5.46. The summed E-state index contributed by atoms with van der Waals surface area (Å²) in [5.41, 5.74) is 5.41. The zero-order valence-electron chi connectivity index (χ0n) is 9.66. The maximum atomic E-state index is 11.7. The van der Waals surface area contributed by atoms with E-state index in [-0.39, 0.29) is 11.8 Å². The fourth-order valence-corrected chi connectivity index (χ4v) is 1.24. The predicted octanol–water partition coefficient (Wildman–Crippen LogP) is 0.794. The summed E-state index contributed by atoms with van der Waals surface area (Å²) < 4.78 is 4.95. The van der Waals surface area contributed by atoms with Crippen molar-refractivity contribution in [3.8, 4) is 0 Å². The first-order valence-electron chi connectivity index (χ1n) is 5.05. The molecule has 0 atom stereocenters. The minimum atomic E-state index is -0.00629. The molecule has 1 amide bonds. The normalized spacial score (nSPS) is 10.4. The van der Waals surface area contributed by atoms with Crippen molar-refractivity contribution in [2.24, 2.45) is 11.7 Å². The van der Waals surface area contributed by atoms with E-state index in [1.54, 1.807) is 12.0 Å². The zero-order chi connectivity index (χ0) is 11.8. The third-order valence-electron chi connectivity index (χ3n) is 2.00. The topological polar surface area (TPSA) is 55.6 Å². The van der Waals surface area contributed by atoms with E-state index < -0.39 is 0 Å². The lowest BCUT2D eigenvalue weighted by Gasteiger charge is -2.24. The van der Waals surface area contributed by atoms with Crippen molar-refractivity contribution in [2.45, 2.75) is 20.3 Å². The standard InChI is InChI=1S/C10H20N2O2S/c1-8(2)10(13)12(6-7-14-3)5-4-9(11)15/h8H,4-7H2,1-3H3,(H2,11,15). The van der Waals surface area contributed by atoms with Crippen molar-refractivity contribution in [3.05, 3.63) is 0 Å². The second-order valence-electron chi connectivity index (χ2n) is 3.69. The van der Waals surface area contributed by atoms with Crippen LogP contribution in [0.5, 0.6) is 0 Å². The van der Waals surface area contributed by atoms with Crippen LogP contribution < -0.4 is 5.73 Å². The van der Waals surface area contributed by atoms with Crippen LogP contribution in [0.25, 0.3) is 0 Å². The molecule has 0 spiro atoms. The van der Waals surface area contributed by atoms with Gasteiger partial charge < -0.3 is 15.4 Å². The van der Waals surface area contributed by atoms with Crippen LogP contribution in [0.1, 0.15) is 20.3 Å². The van der Waals surface area contributed by atoms with Gasteiger partial charge in [-0.2, -0.15) is 0 Å².